The molecule has 260 valence electrons. The normalized spacial score (nSPS) is 18.1. The highest BCUT2D eigenvalue weighted by atomic mass is 32.2. The molecule has 1 aliphatic rings. The lowest BCUT2D eigenvalue weighted by Crippen LogP contribution is -2.58. The topological polar surface area (TPSA) is 114 Å². The number of methoxy groups -OCH3 is 1. The number of carbonyl (C=O) groups is 1. The van der Waals surface area contributed by atoms with Crippen LogP contribution in [0.3, 0.4) is 0 Å². The highest BCUT2D eigenvalue weighted by Gasteiger charge is 2.39. The number of sulfonamides is 1. The smallest absolute Gasteiger partial charge is 0.247 e. The molecule has 1 saturated heterocycles. The minimum atomic E-state index is -3.95. The van der Waals surface area contributed by atoms with Crippen LogP contribution in [0.25, 0.3) is 0 Å². The predicted octanol–water partition coefficient (Wildman–Crippen LogP) is 5.72. The maximum absolute atomic E-state index is 15.3. The summed E-state index contributed by atoms with van der Waals surface area (Å²) in [5, 5.41) is 5.95. The van der Waals surface area contributed by atoms with Gasteiger partial charge in [0.25, 0.3) is 0 Å². The number of hydrogen-bond acceptors (Lipinski definition) is 6. The van der Waals surface area contributed by atoms with Crippen molar-refractivity contribution in [1.29, 1.82) is 0 Å². The zero-order chi connectivity index (χ0) is 35.3. The van der Waals surface area contributed by atoms with E-state index in [0.717, 1.165) is 24.3 Å². The van der Waals surface area contributed by atoms with Crippen LogP contribution in [-0.2, 0) is 21.2 Å². The van der Waals surface area contributed by atoms with Crippen LogP contribution in [-0.4, -0.2) is 57.0 Å². The Morgan fingerprint density at radius 1 is 0.939 bits per heavy atom. The molecule has 0 aromatic heterocycles. The fourth-order valence-corrected chi connectivity index (χ4v) is 8.45. The van der Waals surface area contributed by atoms with Crippen molar-refractivity contribution in [2.24, 2.45) is 5.73 Å². The third kappa shape index (κ3) is 8.13. The summed E-state index contributed by atoms with van der Waals surface area (Å²) in [6, 6.07) is 16.2. The predicted molar refractivity (Wildman–Crippen MR) is 179 cm³/mol. The molecule has 1 fully saturated rings. The van der Waals surface area contributed by atoms with E-state index < -0.39 is 57.2 Å². The number of amides is 1. The second-order valence-corrected chi connectivity index (χ2v) is 13.9. The Kier molecular flexibility index (Phi) is 11.4. The molecule has 5 rings (SSSR count). The van der Waals surface area contributed by atoms with Crippen LogP contribution in [0.4, 0.5) is 23.2 Å². The average molecular weight is 699 g/mol. The van der Waals surface area contributed by atoms with Crippen LogP contribution < -0.4 is 21.1 Å². The van der Waals surface area contributed by atoms with E-state index >= 15 is 4.39 Å². The van der Waals surface area contributed by atoms with Gasteiger partial charge in [0.15, 0.2) is 0 Å². The number of nitrogens with two attached hydrogens (primary N) is 1. The summed E-state index contributed by atoms with van der Waals surface area (Å²) < 4.78 is 92.0. The van der Waals surface area contributed by atoms with Gasteiger partial charge < -0.3 is 21.1 Å². The summed E-state index contributed by atoms with van der Waals surface area (Å²) in [5.74, 6) is -4.47. The van der Waals surface area contributed by atoms with Crippen molar-refractivity contribution >= 4 is 21.6 Å². The van der Waals surface area contributed by atoms with Crippen molar-refractivity contribution in [2.45, 2.75) is 55.1 Å². The number of nitrogens with one attached hydrogen (secondary N) is 2. The molecule has 1 heterocycles. The molecule has 0 spiro atoms. The molecule has 0 radical (unpaired) electrons. The van der Waals surface area contributed by atoms with Gasteiger partial charge >= 0.3 is 0 Å². The van der Waals surface area contributed by atoms with Gasteiger partial charge in [0.05, 0.1) is 13.2 Å². The van der Waals surface area contributed by atoms with E-state index in [2.05, 4.69) is 10.6 Å². The first kappa shape index (κ1) is 36.0. The van der Waals surface area contributed by atoms with Gasteiger partial charge in [-0.1, -0.05) is 30.3 Å². The van der Waals surface area contributed by atoms with E-state index in [1.165, 1.54) is 47.8 Å². The number of piperazine rings is 1. The molecule has 4 aromatic rings. The Morgan fingerprint density at radius 2 is 1.63 bits per heavy atom. The molecular formula is C36H38F4N4O4S. The molecule has 49 heavy (non-hydrogen) atoms. The molecule has 0 unspecified atom stereocenters. The SMILES string of the molecule is COc1ccccc1S(=O)(=O)N1[C@@H](CCCc2c(F)cccc2NC(=O)[C@@H](N)[C@@H](c2ccc(F)cc2)c2cc(F)cc(F)c2)CNC[C@@H]1C. The summed E-state index contributed by atoms with van der Waals surface area (Å²) in [7, 11) is -2.53. The van der Waals surface area contributed by atoms with Crippen molar-refractivity contribution in [3.05, 3.63) is 125 Å². The van der Waals surface area contributed by atoms with Gasteiger partial charge in [0, 0.05) is 48.4 Å². The van der Waals surface area contributed by atoms with Gasteiger partial charge in [0.2, 0.25) is 15.9 Å². The number of para-hydroxylation sites is 1. The van der Waals surface area contributed by atoms with E-state index in [1.54, 1.807) is 18.2 Å². The zero-order valence-corrected chi connectivity index (χ0v) is 27.8. The van der Waals surface area contributed by atoms with Crippen LogP contribution in [0, 0.1) is 23.3 Å². The summed E-state index contributed by atoms with van der Waals surface area (Å²) in [6.45, 7) is 2.66. The van der Waals surface area contributed by atoms with E-state index in [1.807, 2.05) is 6.92 Å². The van der Waals surface area contributed by atoms with Crippen molar-refractivity contribution in [3.8, 4) is 5.75 Å². The van der Waals surface area contributed by atoms with Gasteiger partial charge in [-0.05, 0) is 85.8 Å². The number of ether oxygens (including phenoxy) is 1. The first-order valence-corrected chi connectivity index (χ1v) is 17.3. The van der Waals surface area contributed by atoms with E-state index in [4.69, 9.17) is 10.5 Å². The molecular weight excluding hydrogens is 660 g/mol. The molecule has 8 nitrogen and oxygen atoms in total. The third-order valence-corrected chi connectivity index (χ3v) is 10.8. The highest BCUT2D eigenvalue weighted by molar-refractivity contribution is 7.89. The highest BCUT2D eigenvalue weighted by Crippen LogP contribution is 2.33. The van der Waals surface area contributed by atoms with E-state index in [0.29, 0.717) is 37.6 Å². The summed E-state index contributed by atoms with van der Waals surface area (Å²) in [4.78, 5) is 13.6. The quantitative estimate of drug-likeness (QED) is 0.163. The van der Waals surface area contributed by atoms with Crippen LogP contribution >= 0.6 is 0 Å². The fraction of sp³-hybridized carbons (Fsp3) is 0.306. The minimum Gasteiger partial charge on any atom is -0.495 e. The summed E-state index contributed by atoms with van der Waals surface area (Å²) >= 11 is 0. The largest absolute Gasteiger partial charge is 0.495 e. The molecule has 4 N–H and O–H groups in total. The van der Waals surface area contributed by atoms with Crippen molar-refractivity contribution < 1.29 is 35.5 Å². The van der Waals surface area contributed by atoms with Gasteiger partial charge in [-0.15, -0.1) is 0 Å². The van der Waals surface area contributed by atoms with Gasteiger partial charge in [-0.2, -0.15) is 4.31 Å². The van der Waals surface area contributed by atoms with Gasteiger partial charge in [0.1, 0.15) is 33.9 Å². The fourth-order valence-electron chi connectivity index (χ4n) is 6.45. The Labute approximate surface area is 283 Å². The first-order chi connectivity index (χ1) is 23.4. The number of rotatable bonds is 12. The second kappa shape index (κ2) is 15.5. The first-order valence-electron chi connectivity index (χ1n) is 15.8. The molecule has 1 aliphatic heterocycles. The monoisotopic (exact) mass is 698 g/mol. The standard InChI is InChI=1S/C36H38F4N4O4S/c1-22-20-42-21-28(44(22)49(46,47)33-12-4-3-11-32(33)48-2)7-5-8-29-30(40)9-6-10-31(29)43-36(45)35(41)34(23-13-15-25(37)16-14-23)24-17-26(38)19-27(39)18-24/h3-4,6,9-19,22,28,34-35,42H,5,7-8,20-21,41H2,1-2H3,(H,43,45)/t22-,28-,34-,35-/m0/s1. The Balaban J connectivity index is 1.35. The van der Waals surface area contributed by atoms with Crippen molar-refractivity contribution in [3.63, 3.8) is 0 Å². The van der Waals surface area contributed by atoms with Crippen molar-refractivity contribution in [1.82, 2.24) is 9.62 Å². The lowest BCUT2D eigenvalue weighted by Gasteiger charge is -2.40. The molecule has 1 amide bonds. The number of benzene rings is 4. The summed E-state index contributed by atoms with van der Waals surface area (Å²) in [5.41, 5.74) is 7.16. The molecule has 0 bridgehead atoms. The maximum atomic E-state index is 15.3. The molecule has 13 heteroatoms. The van der Waals surface area contributed by atoms with Crippen LogP contribution in [0.1, 0.15) is 42.4 Å². The lowest BCUT2D eigenvalue weighted by atomic mass is 9.84. The molecule has 0 saturated carbocycles. The number of carbonyl (C=O) groups excluding carboxylic acids is 1. The van der Waals surface area contributed by atoms with Crippen LogP contribution in [0.5, 0.6) is 5.75 Å². The molecule has 4 aromatic carbocycles. The van der Waals surface area contributed by atoms with Gasteiger partial charge in [-0.3, -0.25) is 4.79 Å². The maximum Gasteiger partial charge on any atom is 0.247 e. The van der Waals surface area contributed by atoms with Gasteiger partial charge in [-0.25, -0.2) is 26.0 Å². The Hall–Kier alpha value is -4.30. The Bertz CT molecular complexity index is 1870. The van der Waals surface area contributed by atoms with E-state index in [-0.39, 0.29) is 39.9 Å². The lowest BCUT2D eigenvalue weighted by molar-refractivity contribution is -0.117. The molecule has 0 aliphatic carbocycles. The second-order valence-electron chi connectivity index (χ2n) is 12.1. The zero-order valence-electron chi connectivity index (χ0n) is 27.0. The number of nitrogens with zero attached hydrogens (tertiary/aromatic N) is 1. The number of hydrogen-bond donors (Lipinski definition) is 3. The van der Waals surface area contributed by atoms with Crippen molar-refractivity contribution in [2.75, 3.05) is 25.5 Å². The number of anilines is 1. The third-order valence-electron chi connectivity index (χ3n) is 8.71. The Morgan fingerprint density at radius 3 is 2.33 bits per heavy atom. The van der Waals surface area contributed by atoms with E-state index in [9.17, 15) is 26.4 Å². The van der Waals surface area contributed by atoms with Crippen LogP contribution in [0.2, 0.25) is 0 Å². The average Bonchev–Trinajstić information content (AvgIpc) is 3.06. The minimum absolute atomic E-state index is 0.0617. The molecule has 4 atom stereocenters. The number of halogens is 4. The van der Waals surface area contributed by atoms with Crippen LogP contribution in [0.15, 0.2) is 89.8 Å². The summed E-state index contributed by atoms with van der Waals surface area (Å²) in [6.07, 6.45) is 0.903.